The fourth-order valence-electron chi connectivity index (χ4n) is 1.74. The molecule has 0 radical (unpaired) electrons. The molecule has 106 valence electrons. The van der Waals surface area contributed by atoms with E-state index in [9.17, 15) is 10.1 Å². The third-order valence-electron chi connectivity index (χ3n) is 2.73. The highest BCUT2D eigenvalue weighted by molar-refractivity contribution is 6.22. The Hall–Kier alpha value is -2.67. The van der Waals surface area contributed by atoms with Crippen molar-refractivity contribution in [2.24, 2.45) is 0 Å². The minimum Gasteiger partial charge on any atom is -0.416 e. The lowest BCUT2D eigenvalue weighted by molar-refractivity contribution is -0.401. The fraction of sp³-hybridized carbons (Fsp3) is 0.0769. The lowest BCUT2D eigenvalue weighted by atomic mass is 10.1. The molecule has 0 bridgehead atoms. The van der Waals surface area contributed by atoms with Crippen molar-refractivity contribution in [2.75, 3.05) is 0 Å². The maximum atomic E-state index is 10.6. The van der Waals surface area contributed by atoms with Crippen LogP contribution in [0.2, 0.25) is 0 Å². The van der Waals surface area contributed by atoms with Gasteiger partial charge in [0.1, 0.15) is 10.3 Å². The van der Waals surface area contributed by atoms with Gasteiger partial charge in [0.2, 0.25) is 5.89 Å². The van der Waals surface area contributed by atoms with E-state index in [4.69, 9.17) is 20.4 Å². The summed E-state index contributed by atoms with van der Waals surface area (Å²) in [6, 6.07) is 11.8. The Morgan fingerprint density at radius 3 is 2.52 bits per heavy atom. The summed E-state index contributed by atoms with van der Waals surface area (Å²) in [5, 5.41) is 17.6. The number of halogens is 1. The van der Waals surface area contributed by atoms with Crippen LogP contribution in [-0.4, -0.2) is 15.1 Å². The number of hydrogen-bond acceptors (Lipinski definition) is 6. The van der Waals surface area contributed by atoms with E-state index in [1.807, 2.05) is 30.3 Å². The minimum atomic E-state index is -0.644. The maximum absolute atomic E-state index is 10.6. The van der Waals surface area contributed by atoms with Gasteiger partial charge in [-0.2, -0.15) is 0 Å². The predicted octanol–water partition coefficient (Wildman–Crippen LogP) is 3.57. The SMILES string of the molecule is O=[N+]([O-])c1ccc(-c2nnc(C(Cl)c3ccccc3)o2)o1. The Balaban J connectivity index is 1.87. The van der Waals surface area contributed by atoms with Crippen LogP contribution in [0.25, 0.3) is 11.7 Å². The maximum Gasteiger partial charge on any atom is 0.433 e. The molecule has 0 amide bonds. The van der Waals surface area contributed by atoms with Crippen molar-refractivity contribution in [1.29, 1.82) is 0 Å². The monoisotopic (exact) mass is 305 g/mol. The summed E-state index contributed by atoms with van der Waals surface area (Å²) < 4.78 is 10.4. The van der Waals surface area contributed by atoms with Gasteiger partial charge in [-0.3, -0.25) is 10.1 Å². The lowest BCUT2D eigenvalue weighted by Gasteiger charge is -2.03. The molecule has 1 aromatic carbocycles. The summed E-state index contributed by atoms with van der Waals surface area (Å²) in [6.07, 6.45) is 0. The van der Waals surface area contributed by atoms with Crippen LogP contribution in [0.5, 0.6) is 0 Å². The Morgan fingerprint density at radius 2 is 1.86 bits per heavy atom. The van der Waals surface area contributed by atoms with Gasteiger partial charge >= 0.3 is 5.88 Å². The molecular weight excluding hydrogens is 298 g/mol. The zero-order chi connectivity index (χ0) is 14.8. The second-order valence-corrected chi connectivity index (χ2v) is 4.55. The van der Waals surface area contributed by atoms with Gasteiger partial charge in [-0.25, -0.2) is 0 Å². The molecule has 0 aliphatic heterocycles. The number of alkyl halides is 1. The van der Waals surface area contributed by atoms with E-state index >= 15 is 0 Å². The number of nitrogens with zero attached hydrogens (tertiary/aromatic N) is 3. The van der Waals surface area contributed by atoms with E-state index in [0.717, 1.165) is 5.56 Å². The fourth-order valence-corrected chi connectivity index (χ4v) is 1.98. The highest BCUT2D eigenvalue weighted by atomic mass is 35.5. The first-order chi connectivity index (χ1) is 10.1. The van der Waals surface area contributed by atoms with Gasteiger partial charge in [-0.1, -0.05) is 30.3 Å². The quantitative estimate of drug-likeness (QED) is 0.415. The molecule has 0 fully saturated rings. The van der Waals surface area contributed by atoms with E-state index in [0.29, 0.717) is 0 Å². The molecule has 0 saturated heterocycles. The first-order valence-corrected chi connectivity index (χ1v) is 6.36. The third-order valence-corrected chi connectivity index (χ3v) is 3.17. The number of hydrogen-bond donors (Lipinski definition) is 0. The van der Waals surface area contributed by atoms with Crippen molar-refractivity contribution >= 4 is 17.5 Å². The van der Waals surface area contributed by atoms with Crippen LogP contribution in [0.4, 0.5) is 5.88 Å². The van der Waals surface area contributed by atoms with Crippen LogP contribution in [-0.2, 0) is 0 Å². The van der Waals surface area contributed by atoms with Crippen LogP contribution in [0.15, 0.2) is 51.3 Å². The highest BCUT2D eigenvalue weighted by Crippen LogP contribution is 2.31. The molecule has 2 heterocycles. The molecule has 1 atom stereocenters. The van der Waals surface area contributed by atoms with Gasteiger partial charge in [0, 0.05) is 0 Å². The average molecular weight is 306 g/mol. The summed E-state index contributed by atoms with van der Waals surface area (Å²) in [6.45, 7) is 0. The Labute approximate surface area is 123 Å². The van der Waals surface area contributed by atoms with Crippen LogP contribution in [0.3, 0.4) is 0 Å². The second kappa shape index (κ2) is 5.37. The van der Waals surface area contributed by atoms with Crippen molar-refractivity contribution < 1.29 is 13.8 Å². The van der Waals surface area contributed by atoms with Crippen molar-refractivity contribution in [2.45, 2.75) is 5.38 Å². The van der Waals surface area contributed by atoms with Crippen LogP contribution in [0, 0.1) is 10.1 Å². The van der Waals surface area contributed by atoms with Crippen LogP contribution < -0.4 is 0 Å². The molecule has 0 saturated carbocycles. The number of furan rings is 1. The molecule has 7 nitrogen and oxygen atoms in total. The van der Waals surface area contributed by atoms with Gasteiger partial charge in [0.25, 0.3) is 5.89 Å². The summed E-state index contributed by atoms with van der Waals surface area (Å²) in [5.74, 6) is -0.0378. The molecule has 0 spiro atoms. The van der Waals surface area contributed by atoms with Gasteiger partial charge in [-0.15, -0.1) is 21.8 Å². The molecule has 3 rings (SSSR count). The molecule has 0 N–H and O–H groups in total. The van der Waals surface area contributed by atoms with E-state index in [-0.39, 0.29) is 17.5 Å². The summed E-state index contributed by atoms with van der Waals surface area (Å²) in [5.41, 5.74) is 0.805. The molecule has 3 aromatic rings. The largest absolute Gasteiger partial charge is 0.433 e. The Kier molecular flexibility index (Phi) is 3.41. The number of rotatable bonds is 4. The third kappa shape index (κ3) is 2.63. The molecule has 21 heavy (non-hydrogen) atoms. The zero-order valence-electron chi connectivity index (χ0n) is 10.5. The van der Waals surface area contributed by atoms with Crippen molar-refractivity contribution in [3.8, 4) is 11.7 Å². The molecule has 2 aromatic heterocycles. The summed E-state index contributed by atoms with van der Waals surface area (Å²) in [7, 11) is 0. The van der Waals surface area contributed by atoms with Gasteiger partial charge < -0.3 is 8.83 Å². The molecule has 0 aliphatic carbocycles. The van der Waals surface area contributed by atoms with Crippen LogP contribution >= 0.6 is 11.6 Å². The predicted molar refractivity (Wildman–Crippen MR) is 72.8 cm³/mol. The van der Waals surface area contributed by atoms with E-state index < -0.39 is 16.2 Å². The van der Waals surface area contributed by atoms with E-state index in [2.05, 4.69) is 10.2 Å². The minimum absolute atomic E-state index is 0.0414. The Bertz CT molecular complexity index is 769. The standard InChI is InChI=1S/C13H8ClN3O4/c14-11(8-4-2-1-3-5-8)13-16-15-12(21-13)9-6-7-10(20-9)17(18)19/h1-7,11H. The van der Waals surface area contributed by atoms with Crippen molar-refractivity contribution in [1.82, 2.24) is 10.2 Å². The van der Waals surface area contributed by atoms with Gasteiger partial charge in [-0.05, 0) is 11.6 Å². The van der Waals surface area contributed by atoms with Crippen molar-refractivity contribution in [3.05, 3.63) is 64.0 Å². The van der Waals surface area contributed by atoms with Gasteiger partial charge in [0.15, 0.2) is 5.76 Å². The number of nitro groups is 1. The number of benzene rings is 1. The van der Waals surface area contributed by atoms with E-state index in [1.165, 1.54) is 12.1 Å². The average Bonchev–Trinajstić information content (AvgIpc) is 3.16. The first-order valence-electron chi connectivity index (χ1n) is 5.92. The molecular formula is C13H8ClN3O4. The van der Waals surface area contributed by atoms with E-state index in [1.54, 1.807) is 0 Å². The highest BCUT2D eigenvalue weighted by Gasteiger charge is 2.21. The number of aromatic nitrogens is 2. The smallest absolute Gasteiger partial charge is 0.416 e. The summed E-state index contributed by atoms with van der Waals surface area (Å²) in [4.78, 5) is 9.92. The van der Waals surface area contributed by atoms with Gasteiger partial charge in [0.05, 0.1) is 6.07 Å². The molecule has 0 aliphatic rings. The molecule has 8 heteroatoms. The van der Waals surface area contributed by atoms with Crippen LogP contribution in [0.1, 0.15) is 16.8 Å². The Morgan fingerprint density at radius 1 is 1.10 bits per heavy atom. The summed E-state index contributed by atoms with van der Waals surface area (Å²) >= 11 is 6.25. The molecule has 1 unspecified atom stereocenters. The first kappa shape index (κ1) is 13.3. The zero-order valence-corrected chi connectivity index (χ0v) is 11.2. The lowest BCUT2D eigenvalue weighted by Crippen LogP contribution is -1.92. The topological polar surface area (TPSA) is 95.2 Å². The van der Waals surface area contributed by atoms with Crippen molar-refractivity contribution in [3.63, 3.8) is 0 Å². The second-order valence-electron chi connectivity index (χ2n) is 4.11. The normalized spacial score (nSPS) is 12.2.